The van der Waals surface area contributed by atoms with Crippen LogP contribution in [0.25, 0.3) is 11.3 Å². The van der Waals surface area contributed by atoms with E-state index in [1.54, 1.807) is 18.2 Å². The summed E-state index contributed by atoms with van der Waals surface area (Å²) in [6.07, 6.45) is 2.58. The third-order valence-corrected chi connectivity index (χ3v) is 4.96. The lowest BCUT2D eigenvalue weighted by molar-refractivity contribution is 0.386. The number of ether oxygens (including phenoxy) is 1. The van der Waals surface area contributed by atoms with E-state index in [0.717, 1.165) is 17.4 Å². The molecule has 3 rings (SSSR count). The maximum Gasteiger partial charge on any atom is 0.232 e. The standard InChI is InChI=1S/C18H19N3O4S/c1-13-4-6-14(7-5-13)17-10-16(25-20-17)12-21(26(3,22)23)15-8-9-18(24-2)19-11-15/h4-11H,12H2,1-3H3. The van der Waals surface area contributed by atoms with Gasteiger partial charge in [-0.15, -0.1) is 0 Å². The van der Waals surface area contributed by atoms with Gasteiger partial charge in [0.1, 0.15) is 5.69 Å². The Kier molecular flexibility index (Phi) is 4.94. The van der Waals surface area contributed by atoms with Crippen molar-refractivity contribution in [3.63, 3.8) is 0 Å². The highest BCUT2D eigenvalue weighted by Crippen LogP contribution is 2.24. The SMILES string of the molecule is COc1ccc(N(Cc2cc(-c3ccc(C)cc3)no2)S(C)(=O)=O)cn1. The Morgan fingerprint density at radius 3 is 2.46 bits per heavy atom. The van der Waals surface area contributed by atoms with Crippen LogP contribution in [-0.2, 0) is 16.6 Å². The molecule has 7 nitrogen and oxygen atoms in total. The van der Waals surface area contributed by atoms with Crippen LogP contribution in [0.2, 0.25) is 0 Å². The number of benzene rings is 1. The summed E-state index contributed by atoms with van der Waals surface area (Å²) in [5, 5.41) is 4.04. The summed E-state index contributed by atoms with van der Waals surface area (Å²) < 4.78 is 36.0. The van der Waals surface area contributed by atoms with Gasteiger partial charge in [-0.1, -0.05) is 35.0 Å². The van der Waals surface area contributed by atoms with E-state index in [2.05, 4.69) is 10.1 Å². The maximum atomic E-state index is 12.2. The molecule has 0 saturated carbocycles. The lowest BCUT2D eigenvalue weighted by atomic mass is 10.1. The van der Waals surface area contributed by atoms with Gasteiger partial charge >= 0.3 is 0 Å². The zero-order valence-corrected chi connectivity index (χ0v) is 15.5. The predicted octanol–water partition coefficient (Wildman–Crippen LogP) is 3.02. The Morgan fingerprint density at radius 1 is 1.15 bits per heavy atom. The van der Waals surface area contributed by atoms with Crippen LogP contribution in [0.5, 0.6) is 5.88 Å². The van der Waals surface area contributed by atoms with Crippen molar-refractivity contribution in [1.82, 2.24) is 10.1 Å². The van der Waals surface area contributed by atoms with Crippen LogP contribution in [-0.4, -0.2) is 31.9 Å². The highest BCUT2D eigenvalue weighted by atomic mass is 32.2. The molecule has 8 heteroatoms. The number of methoxy groups -OCH3 is 1. The molecule has 0 aliphatic carbocycles. The van der Waals surface area contributed by atoms with Crippen molar-refractivity contribution in [2.45, 2.75) is 13.5 Å². The van der Waals surface area contributed by atoms with Gasteiger partial charge in [-0.2, -0.15) is 0 Å². The van der Waals surface area contributed by atoms with Crippen LogP contribution >= 0.6 is 0 Å². The Morgan fingerprint density at radius 2 is 1.88 bits per heavy atom. The van der Waals surface area contributed by atoms with Gasteiger partial charge < -0.3 is 9.26 Å². The third-order valence-electron chi connectivity index (χ3n) is 3.82. The van der Waals surface area contributed by atoms with Gasteiger partial charge in [0.15, 0.2) is 5.76 Å². The van der Waals surface area contributed by atoms with E-state index >= 15 is 0 Å². The molecule has 3 aromatic rings. The minimum absolute atomic E-state index is 0.0195. The van der Waals surface area contributed by atoms with Crippen LogP contribution < -0.4 is 9.04 Å². The van der Waals surface area contributed by atoms with Crippen LogP contribution in [0.1, 0.15) is 11.3 Å². The van der Waals surface area contributed by atoms with E-state index in [-0.39, 0.29) is 6.54 Å². The highest BCUT2D eigenvalue weighted by Gasteiger charge is 2.21. The second-order valence-electron chi connectivity index (χ2n) is 5.87. The predicted molar refractivity (Wildman–Crippen MR) is 98.5 cm³/mol. The zero-order chi connectivity index (χ0) is 18.7. The molecule has 0 atom stereocenters. The molecule has 0 saturated heterocycles. The minimum Gasteiger partial charge on any atom is -0.481 e. The van der Waals surface area contributed by atoms with E-state index in [4.69, 9.17) is 9.26 Å². The normalized spacial score (nSPS) is 11.3. The molecule has 2 aromatic heterocycles. The number of aryl methyl sites for hydroxylation is 1. The molecule has 136 valence electrons. The third kappa shape index (κ3) is 4.02. The first-order valence-corrected chi connectivity index (χ1v) is 9.72. The fourth-order valence-corrected chi connectivity index (χ4v) is 3.28. The number of hydrogen-bond acceptors (Lipinski definition) is 6. The van der Waals surface area contributed by atoms with Crippen molar-refractivity contribution in [2.24, 2.45) is 0 Å². The van der Waals surface area contributed by atoms with Crippen molar-refractivity contribution in [1.29, 1.82) is 0 Å². The average molecular weight is 373 g/mol. The maximum absolute atomic E-state index is 12.2. The molecule has 1 aromatic carbocycles. The Bertz CT molecular complexity index is 980. The molecule has 0 bridgehead atoms. The smallest absolute Gasteiger partial charge is 0.232 e. The number of aromatic nitrogens is 2. The molecule has 0 fully saturated rings. The number of rotatable bonds is 6. The lowest BCUT2D eigenvalue weighted by Gasteiger charge is -2.20. The van der Waals surface area contributed by atoms with E-state index in [9.17, 15) is 8.42 Å². The van der Waals surface area contributed by atoms with Gasteiger partial charge in [0, 0.05) is 17.7 Å². The molecule has 2 heterocycles. The van der Waals surface area contributed by atoms with Crippen LogP contribution in [0, 0.1) is 6.92 Å². The van der Waals surface area contributed by atoms with Crippen molar-refractivity contribution >= 4 is 15.7 Å². The van der Waals surface area contributed by atoms with Crippen LogP contribution in [0.15, 0.2) is 53.2 Å². The quantitative estimate of drug-likeness (QED) is 0.660. The number of hydrogen-bond donors (Lipinski definition) is 0. The van der Waals surface area contributed by atoms with Gasteiger partial charge in [-0.05, 0) is 13.0 Å². The fourth-order valence-electron chi connectivity index (χ4n) is 2.43. The van der Waals surface area contributed by atoms with Gasteiger partial charge in [0.05, 0.1) is 31.8 Å². The van der Waals surface area contributed by atoms with Gasteiger partial charge in [-0.3, -0.25) is 4.31 Å². The summed E-state index contributed by atoms with van der Waals surface area (Å²) in [5.41, 5.74) is 3.12. The van der Waals surface area contributed by atoms with E-state index < -0.39 is 10.0 Å². The van der Waals surface area contributed by atoms with E-state index in [1.165, 1.54) is 17.6 Å². The minimum atomic E-state index is -3.53. The number of pyridine rings is 1. The van der Waals surface area contributed by atoms with Crippen LogP contribution in [0.3, 0.4) is 0 Å². The Hall–Kier alpha value is -2.87. The second-order valence-corrected chi connectivity index (χ2v) is 7.78. The molecule has 0 unspecified atom stereocenters. The monoisotopic (exact) mass is 373 g/mol. The summed E-state index contributed by atoms with van der Waals surface area (Å²) in [6, 6.07) is 12.8. The molecule has 0 aliphatic rings. The lowest BCUT2D eigenvalue weighted by Crippen LogP contribution is -2.29. The molecule has 0 radical (unpaired) electrons. The number of nitrogens with zero attached hydrogens (tertiary/aromatic N) is 3. The summed E-state index contributed by atoms with van der Waals surface area (Å²) >= 11 is 0. The highest BCUT2D eigenvalue weighted by molar-refractivity contribution is 7.92. The Labute approximate surface area is 152 Å². The topological polar surface area (TPSA) is 85.5 Å². The number of sulfonamides is 1. The van der Waals surface area contributed by atoms with Crippen molar-refractivity contribution in [3.05, 3.63) is 60.0 Å². The first kappa shape index (κ1) is 17.9. The average Bonchev–Trinajstić information content (AvgIpc) is 3.08. The summed E-state index contributed by atoms with van der Waals surface area (Å²) in [7, 11) is -2.03. The van der Waals surface area contributed by atoms with E-state index in [1.807, 2.05) is 31.2 Å². The van der Waals surface area contributed by atoms with E-state index in [0.29, 0.717) is 23.0 Å². The molecule has 0 aliphatic heterocycles. The van der Waals surface area contributed by atoms with Crippen molar-refractivity contribution < 1.29 is 17.7 Å². The van der Waals surface area contributed by atoms with Crippen molar-refractivity contribution in [3.8, 4) is 17.1 Å². The van der Waals surface area contributed by atoms with Gasteiger partial charge in [0.2, 0.25) is 15.9 Å². The summed E-state index contributed by atoms with van der Waals surface area (Å²) in [4.78, 5) is 4.06. The van der Waals surface area contributed by atoms with Crippen molar-refractivity contribution in [2.75, 3.05) is 17.7 Å². The van der Waals surface area contributed by atoms with Crippen LogP contribution in [0.4, 0.5) is 5.69 Å². The fraction of sp³-hybridized carbons (Fsp3) is 0.222. The second kappa shape index (κ2) is 7.17. The molecular formula is C18H19N3O4S. The zero-order valence-electron chi connectivity index (χ0n) is 14.7. The molecule has 0 N–H and O–H groups in total. The number of anilines is 1. The van der Waals surface area contributed by atoms with Gasteiger partial charge in [0.25, 0.3) is 0 Å². The van der Waals surface area contributed by atoms with Gasteiger partial charge in [-0.25, -0.2) is 13.4 Å². The molecule has 0 spiro atoms. The molecule has 26 heavy (non-hydrogen) atoms. The molecule has 0 amide bonds. The Balaban J connectivity index is 1.87. The summed E-state index contributed by atoms with van der Waals surface area (Å²) in [6.45, 7) is 2.02. The molecular weight excluding hydrogens is 354 g/mol. The first-order chi connectivity index (χ1) is 12.4. The first-order valence-electron chi connectivity index (χ1n) is 7.87. The largest absolute Gasteiger partial charge is 0.481 e. The summed E-state index contributed by atoms with van der Waals surface area (Å²) in [5.74, 6) is 0.838.